The zero-order valence-electron chi connectivity index (χ0n) is 9.65. The van der Waals surface area contributed by atoms with Crippen LogP contribution in [0.4, 0.5) is 5.69 Å². The van der Waals surface area contributed by atoms with Gasteiger partial charge in [0.05, 0.1) is 17.3 Å². The van der Waals surface area contributed by atoms with E-state index in [1.54, 1.807) is 24.3 Å². The summed E-state index contributed by atoms with van der Waals surface area (Å²) in [7, 11) is 0. The summed E-state index contributed by atoms with van der Waals surface area (Å²) in [6.07, 6.45) is 0. The van der Waals surface area contributed by atoms with Gasteiger partial charge in [-0.1, -0.05) is 22.0 Å². The summed E-state index contributed by atoms with van der Waals surface area (Å²) in [6.45, 7) is 0. The minimum atomic E-state index is -0.229. The lowest BCUT2D eigenvalue weighted by Gasteiger charge is -2.08. The molecule has 94 valence electrons. The van der Waals surface area contributed by atoms with Crippen LogP contribution in [0.3, 0.4) is 0 Å². The maximum absolute atomic E-state index is 12.1. The van der Waals surface area contributed by atoms with E-state index in [9.17, 15) is 4.79 Å². The summed E-state index contributed by atoms with van der Waals surface area (Å²) in [5, 5.41) is 11.7. The summed E-state index contributed by atoms with van der Waals surface area (Å²) in [5.41, 5.74) is 1.67. The Hall–Kier alpha value is -1.39. The summed E-state index contributed by atoms with van der Waals surface area (Å²) < 4.78 is 1.85. The minimum absolute atomic E-state index is 0.229. The third-order valence-corrected chi connectivity index (χ3v) is 3.86. The molecule has 5 heteroatoms. The molecule has 0 unspecified atom stereocenters. The fourth-order valence-corrected chi connectivity index (χ4v) is 2.35. The molecule has 2 aromatic rings. The third kappa shape index (κ3) is 3.55. The molecule has 0 heterocycles. The molecule has 0 aliphatic carbocycles. The van der Waals surface area contributed by atoms with Gasteiger partial charge < -0.3 is 5.32 Å². The van der Waals surface area contributed by atoms with Crippen molar-refractivity contribution in [2.24, 2.45) is 0 Å². The molecule has 0 bridgehead atoms. The Morgan fingerprint density at radius 3 is 2.79 bits per heavy atom. The van der Waals surface area contributed by atoms with Crippen molar-refractivity contribution in [2.45, 2.75) is 0 Å². The summed E-state index contributed by atoms with van der Waals surface area (Å²) >= 11 is 5.52. The van der Waals surface area contributed by atoms with E-state index in [4.69, 9.17) is 5.26 Å². The highest BCUT2D eigenvalue weighted by Crippen LogP contribution is 2.23. The fourth-order valence-electron chi connectivity index (χ4n) is 1.52. The second kappa shape index (κ2) is 6.17. The zero-order valence-corrected chi connectivity index (χ0v) is 13.4. The lowest BCUT2D eigenvalue weighted by molar-refractivity contribution is 0.102. The molecule has 0 spiro atoms. The Kier molecular flexibility index (Phi) is 4.56. The van der Waals surface area contributed by atoms with Gasteiger partial charge in [-0.05, 0) is 59.0 Å². The number of benzene rings is 2. The first-order chi connectivity index (χ1) is 9.10. The van der Waals surface area contributed by atoms with Crippen LogP contribution in [0.25, 0.3) is 0 Å². The quantitative estimate of drug-likeness (QED) is 0.732. The highest BCUT2D eigenvalue weighted by molar-refractivity contribution is 14.1. The monoisotopic (exact) mass is 426 g/mol. The molecule has 1 N–H and O–H groups in total. The molecule has 0 saturated carbocycles. The Morgan fingerprint density at radius 2 is 2.05 bits per heavy atom. The lowest BCUT2D eigenvalue weighted by Crippen LogP contribution is -2.12. The Bertz CT molecular complexity index is 679. The predicted molar refractivity (Wildman–Crippen MR) is 86.0 cm³/mol. The van der Waals surface area contributed by atoms with Gasteiger partial charge in [0.1, 0.15) is 0 Å². The number of anilines is 1. The van der Waals surface area contributed by atoms with E-state index in [2.05, 4.69) is 43.8 Å². The molecular weight excluding hydrogens is 419 g/mol. The highest BCUT2D eigenvalue weighted by atomic mass is 127. The van der Waals surface area contributed by atoms with Gasteiger partial charge in [-0.3, -0.25) is 4.79 Å². The smallest absolute Gasteiger partial charge is 0.255 e. The average molecular weight is 427 g/mol. The minimum Gasteiger partial charge on any atom is -0.321 e. The molecule has 19 heavy (non-hydrogen) atoms. The number of carbonyl (C=O) groups excluding carboxylic acids is 1. The van der Waals surface area contributed by atoms with Gasteiger partial charge in [0.2, 0.25) is 0 Å². The number of halogens is 2. The van der Waals surface area contributed by atoms with Crippen molar-refractivity contribution in [2.75, 3.05) is 5.32 Å². The van der Waals surface area contributed by atoms with Crippen LogP contribution in [0, 0.1) is 14.9 Å². The number of amides is 1. The van der Waals surface area contributed by atoms with Crippen LogP contribution in [0.5, 0.6) is 0 Å². The Morgan fingerprint density at radius 1 is 1.26 bits per heavy atom. The molecule has 3 nitrogen and oxygen atoms in total. The van der Waals surface area contributed by atoms with E-state index in [-0.39, 0.29) is 5.91 Å². The Balaban J connectivity index is 2.26. The van der Waals surface area contributed by atoms with E-state index in [0.717, 1.165) is 13.7 Å². The number of nitrogens with zero attached hydrogens (tertiary/aromatic N) is 1. The maximum Gasteiger partial charge on any atom is 0.255 e. The zero-order chi connectivity index (χ0) is 13.8. The first kappa shape index (κ1) is 14.0. The second-order valence-electron chi connectivity index (χ2n) is 3.77. The molecule has 2 rings (SSSR count). The van der Waals surface area contributed by atoms with Crippen molar-refractivity contribution >= 4 is 50.1 Å². The van der Waals surface area contributed by atoms with Crippen molar-refractivity contribution < 1.29 is 4.79 Å². The average Bonchev–Trinajstić information content (AvgIpc) is 2.43. The van der Waals surface area contributed by atoms with Crippen LogP contribution in [-0.2, 0) is 0 Å². The Labute approximate surface area is 132 Å². The molecular formula is C14H8BrIN2O. The molecule has 0 fully saturated rings. The van der Waals surface area contributed by atoms with Crippen LogP contribution >= 0.6 is 38.5 Å². The van der Waals surface area contributed by atoms with Crippen LogP contribution in [0.1, 0.15) is 15.9 Å². The first-order valence-electron chi connectivity index (χ1n) is 5.37. The van der Waals surface area contributed by atoms with Crippen molar-refractivity contribution in [3.8, 4) is 6.07 Å². The fraction of sp³-hybridized carbons (Fsp3) is 0. The molecule has 0 aliphatic rings. The molecule has 1 amide bonds. The van der Waals surface area contributed by atoms with E-state index in [0.29, 0.717) is 11.1 Å². The van der Waals surface area contributed by atoms with Crippen LogP contribution < -0.4 is 5.32 Å². The molecule has 0 aliphatic heterocycles. The molecule has 0 atom stereocenters. The van der Waals surface area contributed by atoms with Crippen molar-refractivity contribution in [3.05, 3.63) is 61.6 Å². The van der Waals surface area contributed by atoms with Crippen molar-refractivity contribution in [1.29, 1.82) is 5.26 Å². The number of nitriles is 1. The maximum atomic E-state index is 12.1. The van der Waals surface area contributed by atoms with Crippen molar-refractivity contribution in [3.63, 3.8) is 0 Å². The largest absolute Gasteiger partial charge is 0.321 e. The van der Waals surface area contributed by atoms with Gasteiger partial charge >= 0.3 is 0 Å². The number of hydrogen-bond acceptors (Lipinski definition) is 2. The van der Waals surface area contributed by atoms with E-state index in [1.165, 1.54) is 0 Å². The van der Waals surface area contributed by atoms with Gasteiger partial charge in [-0.25, -0.2) is 0 Å². The number of carbonyl (C=O) groups is 1. The van der Waals surface area contributed by atoms with Crippen molar-refractivity contribution in [1.82, 2.24) is 0 Å². The van der Waals surface area contributed by atoms with Crippen LogP contribution in [0.2, 0.25) is 0 Å². The normalized spacial score (nSPS) is 9.74. The predicted octanol–water partition coefficient (Wildman–Crippen LogP) is 4.18. The molecule has 0 aromatic heterocycles. The van der Waals surface area contributed by atoms with E-state index in [1.807, 2.05) is 24.3 Å². The van der Waals surface area contributed by atoms with E-state index < -0.39 is 0 Å². The number of hydrogen-bond donors (Lipinski definition) is 1. The van der Waals surface area contributed by atoms with Gasteiger partial charge in [-0.15, -0.1) is 0 Å². The summed E-state index contributed by atoms with van der Waals surface area (Å²) in [5.74, 6) is -0.229. The first-order valence-corrected chi connectivity index (χ1v) is 7.24. The lowest BCUT2D eigenvalue weighted by atomic mass is 10.1. The van der Waals surface area contributed by atoms with Gasteiger partial charge in [0.25, 0.3) is 5.91 Å². The molecule has 0 saturated heterocycles. The number of rotatable bonds is 2. The summed E-state index contributed by atoms with van der Waals surface area (Å²) in [4.78, 5) is 12.1. The van der Waals surface area contributed by atoms with Crippen LogP contribution in [-0.4, -0.2) is 5.91 Å². The van der Waals surface area contributed by atoms with E-state index >= 15 is 0 Å². The van der Waals surface area contributed by atoms with Gasteiger partial charge in [-0.2, -0.15) is 5.26 Å². The van der Waals surface area contributed by atoms with Crippen LogP contribution in [0.15, 0.2) is 46.9 Å². The highest BCUT2D eigenvalue weighted by Gasteiger charge is 2.09. The molecule has 2 aromatic carbocycles. The topological polar surface area (TPSA) is 52.9 Å². The van der Waals surface area contributed by atoms with Gasteiger partial charge in [0.15, 0.2) is 0 Å². The summed E-state index contributed by atoms with van der Waals surface area (Å²) in [6, 6.07) is 14.3. The van der Waals surface area contributed by atoms with Gasteiger partial charge in [0, 0.05) is 13.6 Å². The standard InChI is InChI=1S/C14H8BrIN2O/c15-11-4-5-12(16)13(7-11)18-14(19)10-3-1-2-9(6-10)8-17/h1-7H,(H,18,19). The second-order valence-corrected chi connectivity index (χ2v) is 5.85. The molecule has 0 radical (unpaired) electrons. The number of nitrogens with one attached hydrogen (secondary N) is 1. The SMILES string of the molecule is N#Cc1cccc(C(=O)Nc2cc(Br)ccc2I)c1. The third-order valence-electron chi connectivity index (χ3n) is 2.43.